The Balaban J connectivity index is 1.57. The van der Waals surface area contributed by atoms with E-state index in [1.165, 1.54) is 11.3 Å². The van der Waals surface area contributed by atoms with Gasteiger partial charge in [-0.3, -0.25) is 10.1 Å². The van der Waals surface area contributed by atoms with E-state index in [0.717, 1.165) is 16.0 Å². The van der Waals surface area contributed by atoms with Crippen LogP contribution in [0.15, 0.2) is 52.9 Å². The predicted molar refractivity (Wildman–Crippen MR) is 108 cm³/mol. The molecule has 8 heteroatoms. The summed E-state index contributed by atoms with van der Waals surface area (Å²) < 4.78 is 11.8. The molecule has 0 atom stereocenters. The number of rotatable bonds is 4. The Morgan fingerprint density at radius 2 is 2.04 bits per heavy atom. The van der Waals surface area contributed by atoms with Crippen LogP contribution in [0, 0.1) is 0 Å². The Labute approximate surface area is 168 Å². The number of carbonyl (C=O) groups is 1. The summed E-state index contributed by atoms with van der Waals surface area (Å²) in [6.45, 7) is 0. The maximum atomic E-state index is 12.5. The van der Waals surface area contributed by atoms with Crippen molar-refractivity contribution in [3.8, 4) is 17.1 Å². The fourth-order valence-electron chi connectivity index (χ4n) is 2.54. The van der Waals surface area contributed by atoms with Gasteiger partial charge < -0.3 is 9.15 Å². The molecule has 0 saturated carbocycles. The van der Waals surface area contributed by atoms with Gasteiger partial charge >= 0.3 is 0 Å². The van der Waals surface area contributed by atoms with Crippen molar-refractivity contribution < 1.29 is 13.9 Å². The molecule has 2 aromatic carbocycles. The van der Waals surface area contributed by atoms with E-state index in [2.05, 4.69) is 10.3 Å². The molecular formula is C19H12Cl2N2O3S. The highest BCUT2D eigenvalue weighted by Gasteiger charge is 2.16. The Kier molecular flexibility index (Phi) is 4.78. The maximum absolute atomic E-state index is 12.5. The summed E-state index contributed by atoms with van der Waals surface area (Å²) in [7, 11) is 1.60. The van der Waals surface area contributed by atoms with Crippen LogP contribution in [0.25, 0.3) is 21.5 Å². The summed E-state index contributed by atoms with van der Waals surface area (Å²) >= 11 is 13.6. The third-order valence-corrected chi connectivity index (χ3v) is 5.62. The molecule has 2 aromatic heterocycles. The van der Waals surface area contributed by atoms with Crippen molar-refractivity contribution in [2.24, 2.45) is 0 Å². The number of furan rings is 1. The van der Waals surface area contributed by atoms with E-state index in [0.29, 0.717) is 26.5 Å². The number of nitrogens with zero attached hydrogens (tertiary/aromatic N) is 1. The smallest absolute Gasteiger partial charge is 0.293 e. The quantitative estimate of drug-likeness (QED) is 0.433. The van der Waals surface area contributed by atoms with E-state index < -0.39 is 5.91 Å². The summed E-state index contributed by atoms with van der Waals surface area (Å²) in [6.07, 6.45) is 0. The van der Waals surface area contributed by atoms with Gasteiger partial charge in [-0.15, -0.1) is 0 Å². The number of hydrogen-bond donors (Lipinski definition) is 1. The molecule has 1 amide bonds. The van der Waals surface area contributed by atoms with Gasteiger partial charge in [0.15, 0.2) is 10.9 Å². The zero-order valence-corrected chi connectivity index (χ0v) is 16.3. The highest BCUT2D eigenvalue weighted by Crippen LogP contribution is 2.34. The molecule has 5 nitrogen and oxygen atoms in total. The molecule has 0 unspecified atom stereocenters. The summed E-state index contributed by atoms with van der Waals surface area (Å²) in [5, 5.41) is 4.02. The number of ether oxygens (including phenoxy) is 1. The van der Waals surface area contributed by atoms with Gasteiger partial charge in [-0.1, -0.05) is 40.6 Å². The van der Waals surface area contributed by atoms with Gasteiger partial charge in [0.2, 0.25) is 0 Å². The highest BCUT2D eigenvalue weighted by atomic mass is 35.5. The van der Waals surface area contributed by atoms with Crippen molar-refractivity contribution in [1.29, 1.82) is 0 Å². The molecule has 1 N–H and O–H groups in total. The molecule has 136 valence electrons. The van der Waals surface area contributed by atoms with E-state index in [1.54, 1.807) is 37.4 Å². The third-order valence-electron chi connectivity index (χ3n) is 3.86. The van der Waals surface area contributed by atoms with Gasteiger partial charge in [-0.05, 0) is 42.5 Å². The van der Waals surface area contributed by atoms with Crippen LogP contribution in [-0.2, 0) is 0 Å². The zero-order chi connectivity index (χ0) is 19.0. The molecule has 0 aliphatic rings. The minimum atomic E-state index is -0.398. The first-order valence-electron chi connectivity index (χ1n) is 7.85. The van der Waals surface area contributed by atoms with E-state index >= 15 is 0 Å². The molecule has 2 heterocycles. The second-order valence-electron chi connectivity index (χ2n) is 5.57. The maximum Gasteiger partial charge on any atom is 0.293 e. The largest absolute Gasteiger partial charge is 0.497 e. The highest BCUT2D eigenvalue weighted by molar-refractivity contribution is 7.22. The van der Waals surface area contributed by atoms with Gasteiger partial charge in [-0.25, -0.2) is 4.98 Å². The first-order chi connectivity index (χ1) is 13.0. The molecule has 0 aliphatic heterocycles. The zero-order valence-electron chi connectivity index (χ0n) is 14.0. The van der Waals surface area contributed by atoms with Crippen molar-refractivity contribution >= 4 is 55.8 Å². The molecule has 0 radical (unpaired) electrons. The van der Waals surface area contributed by atoms with Crippen molar-refractivity contribution in [3.63, 3.8) is 0 Å². The first kappa shape index (κ1) is 17.9. The fraction of sp³-hybridized carbons (Fsp3) is 0.0526. The van der Waals surface area contributed by atoms with Gasteiger partial charge in [0, 0.05) is 5.56 Å². The van der Waals surface area contributed by atoms with Gasteiger partial charge in [0.25, 0.3) is 5.91 Å². The normalized spacial score (nSPS) is 10.9. The van der Waals surface area contributed by atoms with E-state index in [-0.39, 0.29) is 5.76 Å². The molecule has 27 heavy (non-hydrogen) atoms. The predicted octanol–water partition coefficient (Wildman–Crippen LogP) is 6.12. The van der Waals surface area contributed by atoms with Crippen molar-refractivity contribution in [3.05, 3.63) is 64.3 Å². The Morgan fingerprint density at radius 3 is 2.85 bits per heavy atom. The van der Waals surface area contributed by atoms with Crippen LogP contribution in [0.2, 0.25) is 10.0 Å². The lowest BCUT2D eigenvalue weighted by Crippen LogP contribution is -2.10. The van der Waals surface area contributed by atoms with Crippen molar-refractivity contribution in [1.82, 2.24) is 4.98 Å². The SMILES string of the molecule is COc1ccc2nc(NC(=O)c3ccc(-c4cccc(Cl)c4Cl)o3)sc2c1. The van der Waals surface area contributed by atoms with E-state index in [4.69, 9.17) is 32.4 Å². The number of amides is 1. The number of thiazole rings is 1. The average molecular weight is 419 g/mol. The summed E-state index contributed by atoms with van der Waals surface area (Å²) in [6, 6.07) is 14.0. The topological polar surface area (TPSA) is 64.4 Å². The molecule has 0 bridgehead atoms. The van der Waals surface area contributed by atoms with Crippen LogP contribution < -0.4 is 10.1 Å². The lowest BCUT2D eigenvalue weighted by molar-refractivity contribution is 0.0997. The number of methoxy groups -OCH3 is 1. The average Bonchev–Trinajstić information content (AvgIpc) is 3.29. The Bertz CT molecular complexity index is 1150. The van der Waals surface area contributed by atoms with Crippen LogP contribution in [0.1, 0.15) is 10.6 Å². The fourth-order valence-corrected chi connectivity index (χ4v) is 3.83. The monoisotopic (exact) mass is 418 g/mol. The lowest BCUT2D eigenvalue weighted by atomic mass is 10.2. The molecule has 0 saturated heterocycles. The molecule has 4 aromatic rings. The second-order valence-corrected chi connectivity index (χ2v) is 7.39. The Morgan fingerprint density at radius 1 is 1.19 bits per heavy atom. The van der Waals surface area contributed by atoms with Gasteiger partial charge in [0.05, 0.1) is 27.4 Å². The second kappa shape index (κ2) is 7.23. The van der Waals surface area contributed by atoms with Gasteiger partial charge in [0.1, 0.15) is 11.5 Å². The van der Waals surface area contributed by atoms with E-state index in [1.807, 2.05) is 18.2 Å². The molecule has 0 fully saturated rings. The number of fused-ring (bicyclic) bond motifs is 1. The minimum Gasteiger partial charge on any atom is -0.497 e. The van der Waals surface area contributed by atoms with Crippen LogP contribution in [0.3, 0.4) is 0 Å². The number of carbonyl (C=O) groups excluding carboxylic acids is 1. The van der Waals surface area contributed by atoms with Crippen LogP contribution >= 0.6 is 34.5 Å². The molecule has 0 aliphatic carbocycles. The number of halogens is 2. The summed E-state index contributed by atoms with van der Waals surface area (Å²) in [4.78, 5) is 16.9. The number of aromatic nitrogens is 1. The number of hydrogen-bond acceptors (Lipinski definition) is 5. The third kappa shape index (κ3) is 3.51. The molecule has 0 spiro atoms. The standard InChI is InChI=1S/C19H12Cl2N2O3S/c1-25-10-5-6-13-16(9-10)27-19(22-13)23-18(24)15-8-7-14(26-15)11-3-2-4-12(20)17(11)21/h2-9H,1H3,(H,22,23,24). The van der Waals surface area contributed by atoms with Crippen LogP contribution in [0.5, 0.6) is 5.75 Å². The number of benzene rings is 2. The van der Waals surface area contributed by atoms with Crippen molar-refractivity contribution in [2.45, 2.75) is 0 Å². The number of nitrogens with one attached hydrogen (secondary N) is 1. The van der Waals surface area contributed by atoms with Gasteiger partial charge in [-0.2, -0.15) is 0 Å². The minimum absolute atomic E-state index is 0.151. The lowest BCUT2D eigenvalue weighted by Gasteiger charge is -2.02. The number of anilines is 1. The first-order valence-corrected chi connectivity index (χ1v) is 9.42. The van der Waals surface area contributed by atoms with Crippen LogP contribution in [-0.4, -0.2) is 18.0 Å². The van der Waals surface area contributed by atoms with Crippen LogP contribution in [0.4, 0.5) is 5.13 Å². The summed E-state index contributed by atoms with van der Waals surface area (Å²) in [5.74, 6) is 0.947. The van der Waals surface area contributed by atoms with Crippen molar-refractivity contribution in [2.75, 3.05) is 12.4 Å². The summed E-state index contributed by atoms with van der Waals surface area (Å²) in [5.41, 5.74) is 1.40. The molecular weight excluding hydrogens is 407 g/mol. The Hall–Kier alpha value is -2.54. The van der Waals surface area contributed by atoms with E-state index in [9.17, 15) is 4.79 Å². The molecule has 4 rings (SSSR count).